The molecule has 0 fully saturated rings. The van der Waals surface area contributed by atoms with Crippen LogP contribution in [0.1, 0.15) is 179 Å². The number of rotatable bonds is 23. The molecule has 0 unspecified atom stereocenters. The summed E-state index contributed by atoms with van der Waals surface area (Å²) in [7, 11) is 0. The van der Waals surface area contributed by atoms with Gasteiger partial charge in [0.1, 0.15) is 23.0 Å². The van der Waals surface area contributed by atoms with Gasteiger partial charge in [-0.3, -0.25) is 0 Å². The maximum Gasteiger partial charge on any atom is 0.344 e. The lowest BCUT2D eigenvalue weighted by molar-refractivity contribution is -0.146. The summed E-state index contributed by atoms with van der Waals surface area (Å²) in [5, 5.41) is 0. The van der Waals surface area contributed by atoms with Crippen LogP contribution in [0, 0.1) is 0 Å². The van der Waals surface area contributed by atoms with Crippen molar-refractivity contribution in [2.75, 3.05) is 52.9 Å². The van der Waals surface area contributed by atoms with Crippen molar-refractivity contribution in [3.63, 3.8) is 0 Å². The number of carbonyl (C=O) groups excluding carboxylic acids is 4. The Morgan fingerprint density at radius 1 is 0.342 bits per heavy atom. The quantitative estimate of drug-likeness (QED) is 0.0515. The van der Waals surface area contributed by atoms with Gasteiger partial charge in [-0.1, -0.05) is 139 Å². The van der Waals surface area contributed by atoms with Gasteiger partial charge in [-0.25, -0.2) is 19.2 Å². The maximum atomic E-state index is 13.2. The Morgan fingerprint density at radius 2 is 0.603 bits per heavy atom. The predicted molar refractivity (Wildman–Crippen MR) is 287 cm³/mol. The number of aryl methyl sites for hydroxylation is 1. The highest BCUT2D eigenvalue weighted by molar-refractivity contribution is 5.73. The summed E-state index contributed by atoms with van der Waals surface area (Å²) in [6, 6.07) is 18.8. The molecule has 0 atom stereocenters. The molecule has 0 aliphatic rings. The molecule has 0 saturated carbocycles. The van der Waals surface area contributed by atoms with Crippen molar-refractivity contribution in [1.29, 1.82) is 0 Å². The van der Waals surface area contributed by atoms with Crippen molar-refractivity contribution in [2.45, 2.75) is 165 Å². The highest BCUT2D eigenvalue weighted by atomic mass is 16.6. The molecule has 0 N–H and O–H groups in total. The van der Waals surface area contributed by atoms with E-state index in [-0.39, 0.29) is 80.9 Å². The molecule has 0 radical (unpaired) electrons. The van der Waals surface area contributed by atoms with Crippen LogP contribution in [-0.2, 0) is 85.5 Å². The van der Waals surface area contributed by atoms with Crippen molar-refractivity contribution >= 4 is 23.9 Å². The first-order chi connectivity index (χ1) is 34.1. The number of esters is 4. The Kier molecular flexibility index (Phi) is 21.0. The highest BCUT2D eigenvalue weighted by Gasteiger charge is 2.28. The molecular weight excluding hydrogens is 925 g/mol. The predicted octanol–water partition coefficient (Wildman–Crippen LogP) is 12.0. The normalized spacial score (nSPS) is 12.0. The van der Waals surface area contributed by atoms with Crippen LogP contribution in [0.2, 0.25) is 0 Å². The van der Waals surface area contributed by atoms with Crippen LogP contribution in [0.5, 0.6) is 23.0 Å². The SMILES string of the molecule is CCOC(=O)COc1ccc(C(C)(C)C)cc1Cc1cc(C(C)(C)C)cc(Cc2cc(C(C)(C)C)cc(Cc3cc(C(C)(C)C)cc(CC)c3OCC(=O)OCC)c2OCC(=O)OCC)c1OCC(=O)OCC. The second-order valence-electron chi connectivity index (χ2n) is 22.5. The Balaban J connectivity index is 2.12. The zero-order valence-electron chi connectivity index (χ0n) is 47.1. The molecule has 0 aliphatic heterocycles. The molecule has 4 aromatic rings. The van der Waals surface area contributed by atoms with Gasteiger partial charge in [-0.15, -0.1) is 0 Å². The van der Waals surface area contributed by atoms with Gasteiger partial charge in [0.15, 0.2) is 26.4 Å². The van der Waals surface area contributed by atoms with Gasteiger partial charge in [0.25, 0.3) is 0 Å². The highest BCUT2D eigenvalue weighted by Crippen LogP contribution is 2.42. The summed E-state index contributed by atoms with van der Waals surface area (Å²) in [6.07, 6.45) is 1.54. The van der Waals surface area contributed by atoms with Gasteiger partial charge in [-0.2, -0.15) is 0 Å². The average Bonchev–Trinajstić information content (AvgIpc) is 3.28. The van der Waals surface area contributed by atoms with E-state index in [1.165, 1.54) is 0 Å². The number of ether oxygens (including phenoxy) is 8. The second-order valence-corrected chi connectivity index (χ2v) is 22.5. The zero-order chi connectivity index (χ0) is 54.5. The molecule has 4 aromatic carbocycles. The van der Waals surface area contributed by atoms with Crippen LogP contribution < -0.4 is 18.9 Å². The van der Waals surface area contributed by atoms with E-state index in [4.69, 9.17) is 37.9 Å². The molecule has 0 spiro atoms. The monoisotopic (exact) mass is 1010 g/mol. The van der Waals surface area contributed by atoms with E-state index in [1.807, 2.05) is 12.1 Å². The fraction of sp³-hybridized carbons (Fsp3) is 0.541. The average molecular weight is 1010 g/mol. The third-order valence-corrected chi connectivity index (χ3v) is 12.3. The van der Waals surface area contributed by atoms with Gasteiger partial charge in [0.05, 0.1) is 26.4 Å². The molecule has 0 aromatic heterocycles. The fourth-order valence-corrected chi connectivity index (χ4v) is 8.32. The minimum absolute atomic E-state index is 0.184. The van der Waals surface area contributed by atoms with E-state index in [0.717, 1.165) is 61.2 Å². The molecule has 0 amide bonds. The largest absolute Gasteiger partial charge is 0.482 e. The number of benzene rings is 4. The van der Waals surface area contributed by atoms with Crippen molar-refractivity contribution < 1.29 is 57.1 Å². The zero-order valence-corrected chi connectivity index (χ0v) is 47.1. The Hall–Kier alpha value is -6.04. The molecule has 73 heavy (non-hydrogen) atoms. The molecule has 0 bridgehead atoms. The van der Waals surface area contributed by atoms with Crippen LogP contribution in [0.4, 0.5) is 0 Å². The van der Waals surface area contributed by atoms with E-state index >= 15 is 0 Å². The van der Waals surface area contributed by atoms with E-state index in [9.17, 15) is 19.2 Å². The fourth-order valence-electron chi connectivity index (χ4n) is 8.32. The van der Waals surface area contributed by atoms with Gasteiger partial charge < -0.3 is 37.9 Å². The second kappa shape index (κ2) is 25.8. The smallest absolute Gasteiger partial charge is 0.344 e. The van der Waals surface area contributed by atoms with Gasteiger partial charge >= 0.3 is 23.9 Å². The van der Waals surface area contributed by atoms with E-state index in [1.54, 1.807) is 27.7 Å². The summed E-state index contributed by atoms with van der Waals surface area (Å²) in [4.78, 5) is 51.8. The van der Waals surface area contributed by atoms with Crippen molar-refractivity contribution in [2.24, 2.45) is 0 Å². The molecule has 12 nitrogen and oxygen atoms in total. The summed E-state index contributed by atoms with van der Waals surface area (Å²) in [6.45, 7) is 34.5. The lowest BCUT2D eigenvalue weighted by atomic mass is 9.80. The minimum atomic E-state index is -0.520. The standard InChI is InChI=1S/C61H84O12/c1-18-39-28-47(59(9,10)11)31-42(55(39)71-36-52(63)67-20-3)26-43-32-49(61(15,16)17)34-45(57(43)73-38-54(65)69-22-5)27-44-33-48(60(12,13)14)30-41(56(44)72-37-53(64)68-21-4)25-40-29-46(58(6,7)8)23-24-50(40)70-35-51(62)66-19-2/h23-24,28-34H,18-22,25-27,35-38H2,1-17H3. The Labute approximate surface area is 436 Å². The van der Waals surface area contributed by atoms with E-state index in [2.05, 4.69) is 132 Å². The first kappa shape index (κ1) is 59.5. The first-order valence-electron chi connectivity index (χ1n) is 25.9. The Morgan fingerprint density at radius 3 is 0.890 bits per heavy atom. The van der Waals surface area contributed by atoms with E-state index < -0.39 is 23.9 Å². The van der Waals surface area contributed by atoms with Gasteiger partial charge in [0, 0.05) is 19.3 Å². The summed E-state index contributed by atoms with van der Waals surface area (Å²) < 4.78 is 47.2. The van der Waals surface area contributed by atoms with Gasteiger partial charge in [-0.05, 0) is 123 Å². The number of hydrogen-bond donors (Lipinski definition) is 0. The third-order valence-electron chi connectivity index (χ3n) is 12.3. The number of hydrogen-bond acceptors (Lipinski definition) is 12. The molecule has 400 valence electrons. The summed E-state index contributed by atoms with van der Waals surface area (Å²) in [5.74, 6) is 0.106. The third kappa shape index (κ3) is 17.3. The molecule has 4 rings (SSSR count). The molecule has 12 heteroatoms. The maximum absolute atomic E-state index is 13.2. The number of carbonyl (C=O) groups is 4. The van der Waals surface area contributed by atoms with Crippen LogP contribution in [0.15, 0.2) is 54.6 Å². The van der Waals surface area contributed by atoms with E-state index in [0.29, 0.717) is 42.3 Å². The topological polar surface area (TPSA) is 142 Å². The lowest BCUT2D eigenvalue weighted by Gasteiger charge is -2.28. The van der Waals surface area contributed by atoms with Crippen LogP contribution in [-0.4, -0.2) is 76.7 Å². The molecule has 0 saturated heterocycles. The minimum Gasteiger partial charge on any atom is -0.482 e. The molecule has 0 aliphatic carbocycles. The first-order valence-corrected chi connectivity index (χ1v) is 25.9. The Bertz CT molecular complexity index is 2540. The molecular formula is C61H84O12. The van der Waals surface area contributed by atoms with Crippen molar-refractivity contribution in [3.05, 3.63) is 116 Å². The van der Waals surface area contributed by atoms with Crippen LogP contribution in [0.25, 0.3) is 0 Å². The van der Waals surface area contributed by atoms with Crippen molar-refractivity contribution in [3.8, 4) is 23.0 Å². The summed E-state index contributed by atoms with van der Waals surface area (Å²) >= 11 is 0. The van der Waals surface area contributed by atoms with Crippen molar-refractivity contribution in [1.82, 2.24) is 0 Å². The van der Waals surface area contributed by atoms with Gasteiger partial charge in [0.2, 0.25) is 0 Å². The van der Waals surface area contributed by atoms with Crippen LogP contribution in [0.3, 0.4) is 0 Å². The summed E-state index contributed by atoms with van der Waals surface area (Å²) in [5.41, 5.74) is 8.78. The van der Waals surface area contributed by atoms with Crippen LogP contribution >= 0.6 is 0 Å². The lowest BCUT2D eigenvalue weighted by Crippen LogP contribution is -2.20. The molecule has 0 heterocycles.